The molecule has 0 aliphatic heterocycles. The zero-order chi connectivity index (χ0) is 12.5. The van der Waals surface area contributed by atoms with Crippen molar-refractivity contribution >= 4 is 16.7 Å². The molecule has 18 heavy (non-hydrogen) atoms. The molecule has 0 saturated carbocycles. The molecule has 0 radical (unpaired) electrons. The summed E-state index contributed by atoms with van der Waals surface area (Å²) in [5, 5.41) is 1.16. The second kappa shape index (κ2) is 5.61. The summed E-state index contributed by atoms with van der Waals surface area (Å²) in [5.74, 6) is 0.249. The van der Waals surface area contributed by atoms with E-state index < -0.39 is 0 Å². The molecule has 1 heterocycles. The van der Waals surface area contributed by atoms with E-state index in [1.54, 1.807) is 0 Å². The van der Waals surface area contributed by atoms with Crippen LogP contribution < -0.4 is 21.5 Å². The molecule has 0 N–H and O–H groups in total. The number of carbonyl (C=O) groups is 1. The van der Waals surface area contributed by atoms with Crippen molar-refractivity contribution < 1.29 is 26.3 Å². The third-order valence-electron chi connectivity index (χ3n) is 2.94. The van der Waals surface area contributed by atoms with Crippen LogP contribution in [0.5, 0.6) is 0 Å². The number of benzene rings is 1. The highest BCUT2D eigenvalue weighted by Crippen LogP contribution is 2.15. The van der Waals surface area contributed by atoms with Gasteiger partial charge in [-0.25, -0.2) is 0 Å². The Morgan fingerprint density at radius 2 is 1.72 bits per heavy atom. The molecule has 2 rings (SSSR count). The highest BCUT2D eigenvalue weighted by molar-refractivity contribution is 5.83. The summed E-state index contributed by atoms with van der Waals surface area (Å²) in [6, 6.07) is 12.2. The molecule has 0 fully saturated rings. The van der Waals surface area contributed by atoms with Crippen LogP contribution in [-0.4, -0.2) is 5.78 Å². The van der Waals surface area contributed by atoms with E-state index in [4.69, 9.17) is 0 Å². The number of halogens is 1. The lowest BCUT2D eigenvalue weighted by Crippen LogP contribution is -3.00. The summed E-state index contributed by atoms with van der Waals surface area (Å²) >= 11 is 0. The topological polar surface area (TPSA) is 20.9 Å². The standard InChI is InChI=1S/C15H18NO.BrH/c1-15(2,3)14(17)11-16-10-6-8-12-7-4-5-9-13(12)16;/h4-10H,11H2,1-3H3;1H/q+1;/p-1. The zero-order valence-corrected chi connectivity index (χ0v) is 12.6. The molecule has 96 valence electrons. The van der Waals surface area contributed by atoms with Crippen LogP contribution in [0.3, 0.4) is 0 Å². The fourth-order valence-corrected chi connectivity index (χ4v) is 1.75. The van der Waals surface area contributed by atoms with Crippen LogP contribution in [0.1, 0.15) is 20.8 Å². The van der Waals surface area contributed by atoms with E-state index >= 15 is 0 Å². The molecule has 0 aliphatic rings. The van der Waals surface area contributed by atoms with E-state index in [-0.39, 0.29) is 28.2 Å². The van der Waals surface area contributed by atoms with E-state index in [9.17, 15) is 4.79 Å². The maximum absolute atomic E-state index is 12.1. The van der Waals surface area contributed by atoms with Crippen molar-refractivity contribution in [2.75, 3.05) is 0 Å². The van der Waals surface area contributed by atoms with Gasteiger partial charge in [-0.15, -0.1) is 0 Å². The molecule has 2 nitrogen and oxygen atoms in total. The molecule has 1 aromatic carbocycles. The highest BCUT2D eigenvalue weighted by Gasteiger charge is 2.25. The molecular formula is C15H18BrNO. The fourth-order valence-electron chi connectivity index (χ4n) is 1.75. The third-order valence-corrected chi connectivity index (χ3v) is 2.94. The number of pyridine rings is 1. The number of rotatable bonds is 2. The number of para-hydroxylation sites is 1. The van der Waals surface area contributed by atoms with Crippen molar-refractivity contribution in [3.8, 4) is 0 Å². The number of aromatic nitrogens is 1. The highest BCUT2D eigenvalue weighted by atomic mass is 79.9. The minimum atomic E-state index is -0.288. The van der Waals surface area contributed by atoms with Crippen molar-refractivity contribution in [1.29, 1.82) is 0 Å². The van der Waals surface area contributed by atoms with Crippen molar-refractivity contribution in [2.45, 2.75) is 27.3 Å². The minimum absolute atomic E-state index is 0. The van der Waals surface area contributed by atoms with Gasteiger partial charge in [-0.2, -0.15) is 4.57 Å². The van der Waals surface area contributed by atoms with Gasteiger partial charge in [-0.1, -0.05) is 32.9 Å². The lowest BCUT2D eigenvalue weighted by atomic mass is 9.91. The van der Waals surface area contributed by atoms with Crippen molar-refractivity contribution in [1.82, 2.24) is 0 Å². The quantitative estimate of drug-likeness (QED) is 0.701. The van der Waals surface area contributed by atoms with Gasteiger partial charge in [0.15, 0.2) is 6.20 Å². The SMILES string of the molecule is CC(C)(C)C(=O)C[n+]1cccc2ccccc21.[Br-]. The molecule has 0 bridgehead atoms. The van der Waals surface area contributed by atoms with Gasteiger partial charge in [0.2, 0.25) is 17.8 Å². The van der Waals surface area contributed by atoms with Gasteiger partial charge < -0.3 is 17.0 Å². The molecular weight excluding hydrogens is 290 g/mol. The number of Topliss-reactive ketones (excluding diaryl/α,β-unsaturated/α-hetero) is 1. The molecule has 0 atom stereocenters. The van der Waals surface area contributed by atoms with Gasteiger partial charge in [0.05, 0.1) is 0 Å². The zero-order valence-electron chi connectivity index (χ0n) is 11.0. The van der Waals surface area contributed by atoms with Crippen LogP contribution >= 0.6 is 0 Å². The smallest absolute Gasteiger partial charge is 0.212 e. The predicted octanol–water partition coefficient (Wildman–Crippen LogP) is -0.253. The monoisotopic (exact) mass is 307 g/mol. The number of hydrogen-bond donors (Lipinski definition) is 0. The minimum Gasteiger partial charge on any atom is -1.00 e. The lowest BCUT2D eigenvalue weighted by molar-refractivity contribution is -0.658. The number of fused-ring (bicyclic) bond motifs is 1. The molecule has 0 amide bonds. The normalized spacial score (nSPS) is 11.1. The molecule has 2 aromatic rings. The number of nitrogens with zero attached hydrogens (tertiary/aromatic N) is 1. The van der Waals surface area contributed by atoms with E-state index in [1.165, 1.54) is 0 Å². The Morgan fingerprint density at radius 1 is 1.11 bits per heavy atom. The number of ketones is 1. The van der Waals surface area contributed by atoms with Crippen LogP contribution in [0, 0.1) is 5.41 Å². The van der Waals surface area contributed by atoms with Crippen LogP contribution in [-0.2, 0) is 11.3 Å². The molecule has 0 saturated heterocycles. The van der Waals surface area contributed by atoms with Gasteiger partial charge in [-0.3, -0.25) is 4.79 Å². The first-order valence-electron chi connectivity index (χ1n) is 5.89. The van der Waals surface area contributed by atoms with E-state index in [2.05, 4.69) is 12.1 Å². The van der Waals surface area contributed by atoms with Crippen molar-refractivity contribution in [3.63, 3.8) is 0 Å². The summed E-state index contributed by atoms with van der Waals surface area (Å²) in [6.45, 7) is 6.31. The van der Waals surface area contributed by atoms with Crippen LogP contribution in [0.4, 0.5) is 0 Å². The summed E-state index contributed by atoms with van der Waals surface area (Å²) < 4.78 is 2.02. The predicted molar refractivity (Wildman–Crippen MR) is 68.6 cm³/mol. The first kappa shape index (κ1) is 14.8. The molecule has 3 heteroatoms. The van der Waals surface area contributed by atoms with E-state index in [0.29, 0.717) is 6.54 Å². The van der Waals surface area contributed by atoms with Crippen molar-refractivity contribution in [2.24, 2.45) is 5.41 Å². The first-order valence-corrected chi connectivity index (χ1v) is 5.89. The number of carbonyl (C=O) groups excluding carboxylic acids is 1. The van der Waals surface area contributed by atoms with Crippen molar-refractivity contribution in [3.05, 3.63) is 42.6 Å². The summed E-state index contributed by atoms with van der Waals surface area (Å²) in [4.78, 5) is 12.1. The Balaban J connectivity index is 0.00000162. The molecule has 0 unspecified atom stereocenters. The average molecular weight is 308 g/mol. The number of hydrogen-bond acceptors (Lipinski definition) is 1. The molecule has 1 aromatic heterocycles. The lowest BCUT2D eigenvalue weighted by Gasteiger charge is -2.14. The largest absolute Gasteiger partial charge is 1.00 e. The average Bonchev–Trinajstić information content (AvgIpc) is 2.28. The first-order chi connectivity index (χ1) is 7.98. The van der Waals surface area contributed by atoms with Gasteiger partial charge in [-0.05, 0) is 12.1 Å². The molecule has 0 spiro atoms. The maximum atomic E-state index is 12.1. The Morgan fingerprint density at radius 3 is 2.39 bits per heavy atom. The van der Waals surface area contributed by atoms with Gasteiger partial charge in [0.25, 0.3) is 0 Å². The summed E-state index contributed by atoms with van der Waals surface area (Å²) in [5.41, 5.74) is 0.817. The second-order valence-electron chi connectivity index (χ2n) is 5.37. The van der Waals surface area contributed by atoms with Crippen LogP contribution in [0.2, 0.25) is 0 Å². The van der Waals surface area contributed by atoms with Gasteiger partial charge in [0.1, 0.15) is 0 Å². The van der Waals surface area contributed by atoms with E-state index in [1.807, 2.05) is 55.8 Å². The molecule has 0 aliphatic carbocycles. The van der Waals surface area contributed by atoms with Crippen LogP contribution in [0.25, 0.3) is 10.9 Å². The summed E-state index contributed by atoms with van der Waals surface area (Å²) in [6.07, 6.45) is 1.96. The Bertz CT molecular complexity index is 552. The third kappa shape index (κ3) is 3.16. The van der Waals surface area contributed by atoms with Crippen LogP contribution in [0.15, 0.2) is 42.6 Å². The Labute approximate surface area is 118 Å². The summed E-state index contributed by atoms with van der Waals surface area (Å²) in [7, 11) is 0. The Hall–Kier alpha value is -1.22. The van der Waals surface area contributed by atoms with E-state index in [0.717, 1.165) is 10.9 Å². The fraction of sp³-hybridized carbons (Fsp3) is 0.333. The second-order valence-corrected chi connectivity index (χ2v) is 5.37. The van der Waals surface area contributed by atoms with Gasteiger partial charge >= 0.3 is 0 Å². The maximum Gasteiger partial charge on any atom is 0.212 e. The Kier molecular flexibility index (Phi) is 4.63. The van der Waals surface area contributed by atoms with Gasteiger partial charge in [0, 0.05) is 22.9 Å².